The van der Waals surface area contributed by atoms with Gasteiger partial charge in [0.05, 0.1) is 5.92 Å². The summed E-state index contributed by atoms with van der Waals surface area (Å²) in [5, 5.41) is 9.32. The zero-order chi connectivity index (χ0) is 16.1. The fourth-order valence-electron chi connectivity index (χ4n) is 2.40. The first-order valence-corrected chi connectivity index (χ1v) is 7.53. The van der Waals surface area contributed by atoms with Crippen LogP contribution >= 0.6 is 0 Å². The molecular weight excluding hydrogens is 276 g/mol. The van der Waals surface area contributed by atoms with Crippen LogP contribution in [-0.4, -0.2) is 11.1 Å². The van der Waals surface area contributed by atoms with E-state index in [0.29, 0.717) is 12.4 Å². The molecule has 0 aliphatic rings. The monoisotopic (exact) mass is 298 g/mol. The standard InChI is InChI=1S/C19H22O3/c1-13(2)16-10-7-11-17(14(3)19(20)21)18(16)22-12-15-8-5-4-6-9-15/h4-11,13-14H,12H2,1-3H3,(H,20,21)/t14-/m0/s1. The molecule has 0 aromatic heterocycles. The van der Waals surface area contributed by atoms with Crippen LogP contribution in [0.4, 0.5) is 0 Å². The van der Waals surface area contributed by atoms with Crippen LogP contribution in [0.1, 0.15) is 49.3 Å². The summed E-state index contributed by atoms with van der Waals surface area (Å²) in [7, 11) is 0. The van der Waals surface area contributed by atoms with Crippen molar-refractivity contribution in [2.45, 2.75) is 39.2 Å². The van der Waals surface area contributed by atoms with Crippen molar-refractivity contribution < 1.29 is 14.6 Å². The summed E-state index contributed by atoms with van der Waals surface area (Å²) in [5.41, 5.74) is 2.84. The maximum Gasteiger partial charge on any atom is 0.310 e. The van der Waals surface area contributed by atoms with E-state index in [2.05, 4.69) is 13.8 Å². The Kier molecular flexibility index (Phi) is 5.21. The van der Waals surface area contributed by atoms with Gasteiger partial charge in [0, 0.05) is 5.56 Å². The smallest absolute Gasteiger partial charge is 0.310 e. The van der Waals surface area contributed by atoms with Gasteiger partial charge in [-0.15, -0.1) is 0 Å². The fraction of sp³-hybridized carbons (Fsp3) is 0.316. The first-order chi connectivity index (χ1) is 10.5. The van der Waals surface area contributed by atoms with Gasteiger partial charge in [-0.3, -0.25) is 4.79 Å². The van der Waals surface area contributed by atoms with Crippen molar-refractivity contribution in [1.29, 1.82) is 0 Å². The molecule has 3 heteroatoms. The van der Waals surface area contributed by atoms with Gasteiger partial charge >= 0.3 is 5.97 Å². The second-order valence-corrected chi connectivity index (χ2v) is 5.75. The third-order valence-corrected chi connectivity index (χ3v) is 3.76. The summed E-state index contributed by atoms with van der Waals surface area (Å²) in [4.78, 5) is 11.4. The highest BCUT2D eigenvalue weighted by Gasteiger charge is 2.21. The van der Waals surface area contributed by atoms with E-state index in [4.69, 9.17) is 4.74 Å². The molecule has 0 unspecified atom stereocenters. The molecule has 0 spiro atoms. The zero-order valence-corrected chi connectivity index (χ0v) is 13.2. The van der Waals surface area contributed by atoms with Gasteiger partial charge in [0.2, 0.25) is 0 Å². The SMILES string of the molecule is CC(C)c1cccc([C@H](C)C(=O)O)c1OCc1ccccc1. The quantitative estimate of drug-likeness (QED) is 0.849. The average Bonchev–Trinajstić information content (AvgIpc) is 2.52. The van der Waals surface area contributed by atoms with Crippen molar-refractivity contribution in [3.63, 3.8) is 0 Å². The molecule has 0 heterocycles. The topological polar surface area (TPSA) is 46.5 Å². The summed E-state index contributed by atoms with van der Waals surface area (Å²) in [5.74, 6) is -0.460. The molecule has 0 fully saturated rings. The molecule has 116 valence electrons. The van der Waals surface area contributed by atoms with Crippen LogP contribution in [-0.2, 0) is 11.4 Å². The lowest BCUT2D eigenvalue weighted by Gasteiger charge is -2.20. The van der Waals surface area contributed by atoms with Crippen LogP contribution < -0.4 is 4.74 Å². The van der Waals surface area contributed by atoms with Gasteiger partial charge in [0.15, 0.2) is 0 Å². The Morgan fingerprint density at radius 3 is 2.23 bits per heavy atom. The second-order valence-electron chi connectivity index (χ2n) is 5.75. The van der Waals surface area contributed by atoms with Crippen molar-refractivity contribution in [3.8, 4) is 5.75 Å². The minimum absolute atomic E-state index is 0.270. The number of para-hydroxylation sites is 1. The van der Waals surface area contributed by atoms with E-state index in [-0.39, 0.29) is 5.92 Å². The summed E-state index contributed by atoms with van der Waals surface area (Å²) in [6.07, 6.45) is 0. The van der Waals surface area contributed by atoms with E-state index in [1.54, 1.807) is 6.92 Å². The fourth-order valence-corrected chi connectivity index (χ4v) is 2.40. The first-order valence-electron chi connectivity index (χ1n) is 7.53. The molecule has 0 aliphatic carbocycles. The van der Waals surface area contributed by atoms with Gasteiger partial charge in [0.25, 0.3) is 0 Å². The molecule has 0 saturated heterocycles. The molecule has 1 N–H and O–H groups in total. The number of rotatable bonds is 6. The highest BCUT2D eigenvalue weighted by molar-refractivity contribution is 5.77. The van der Waals surface area contributed by atoms with Crippen LogP contribution in [0.3, 0.4) is 0 Å². The zero-order valence-electron chi connectivity index (χ0n) is 13.2. The summed E-state index contributed by atoms with van der Waals surface area (Å²) >= 11 is 0. The number of hydrogen-bond donors (Lipinski definition) is 1. The third-order valence-electron chi connectivity index (χ3n) is 3.76. The third kappa shape index (κ3) is 3.67. The van der Waals surface area contributed by atoms with Gasteiger partial charge in [0.1, 0.15) is 12.4 Å². The second kappa shape index (κ2) is 7.12. The molecule has 2 aromatic rings. The predicted octanol–water partition coefficient (Wildman–Crippen LogP) is 4.58. The van der Waals surface area contributed by atoms with Crippen molar-refractivity contribution >= 4 is 5.97 Å². The lowest BCUT2D eigenvalue weighted by atomic mass is 9.93. The molecule has 1 atom stereocenters. The van der Waals surface area contributed by atoms with Crippen molar-refractivity contribution in [2.24, 2.45) is 0 Å². The number of aliphatic carboxylic acids is 1. The number of benzene rings is 2. The Morgan fingerprint density at radius 1 is 1.00 bits per heavy atom. The number of carboxylic acids is 1. The van der Waals surface area contributed by atoms with Crippen molar-refractivity contribution in [3.05, 3.63) is 65.2 Å². The lowest BCUT2D eigenvalue weighted by Crippen LogP contribution is -2.11. The van der Waals surface area contributed by atoms with Crippen LogP contribution in [0.2, 0.25) is 0 Å². The highest BCUT2D eigenvalue weighted by Crippen LogP contribution is 2.35. The Hall–Kier alpha value is -2.29. The average molecular weight is 298 g/mol. The number of carbonyl (C=O) groups is 1. The van der Waals surface area contributed by atoms with Crippen LogP contribution in [0.5, 0.6) is 5.75 Å². The van der Waals surface area contributed by atoms with Crippen molar-refractivity contribution in [1.82, 2.24) is 0 Å². The minimum Gasteiger partial charge on any atom is -0.488 e. The normalized spacial score (nSPS) is 12.2. The molecule has 0 saturated carbocycles. The molecular formula is C19H22O3. The summed E-state index contributed by atoms with van der Waals surface area (Å²) in [6, 6.07) is 15.6. The van der Waals surface area contributed by atoms with E-state index in [1.165, 1.54) is 0 Å². The summed E-state index contributed by atoms with van der Waals surface area (Å²) < 4.78 is 6.02. The Bertz CT molecular complexity index is 632. The van der Waals surface area contributed by atoms with Gasteiger partial charge in [-0.05, 0) is 24.0 Å². The molecule has 0 radical (unpaired) electrons. The molecule has 2 aromatic carbocycles. The molecule has 0 aliphatic heterocycles. The van der Waals surface area contributed by atoms with Crippen LogP contribution in [0, 0.1) is 0 Å². The largest absolute Gasteiger partial charge is 0.488 e. The maximum atomic E-state index is 11.4. The Balaban J connectivity index is 2.35. The Morgan fingerprint density at radius 2 is 1.64 bits per heavy atom. The molecule has 0 amide bonds. The van der Waals surface area contributed by atoms with E-state index >= 15 is 0 Å². The van der Waals surface area contributed by atoms with Gasteiger partial charge in [-0.2, -0.15) is 0 Å². The van der Waals surface area contributed by atoms with Crippen LogP contribution in [0.15, 0.2) is 48.5 Å². The molecule has 3 nitrogen and oxygen atoms in total. The van der Waals surface area contributed by atoms with Gasteiger partial charge in [-0.25, -0.2) is 0 Å². The van der Waals surface area contributed by atoms with Gasteiger partial charge < -0.3 is 9.84 Å². The van der Waals surface area contributed by atoms with E-state index < -0.39 is 11.9 Å². The molecule has 22 heavy (non-hydrogen) atoms. The van der Waals surface area contributed by atoms with E-state index in [1.807, 2.05) is 48.5 Å². The Labute approximate surface area is 131 Å². The predicted molar refractivity (Wildman–Crippen MR) is 87.4 cm³/mol. The van der Waals surface area contributed by atoms with Gasteiger partial charge in [-0.1, -0.05) is 62.4 Å². The van der Waals surface area contributed by atoms with Crippen molar-refractivity contribution in [2.75, 3.05) is 0 Å². The summed E-state index contributed by atoms with van der Waals surface area (Å²) in [6.45, 7) is 6.29. The molecule has 0 bridgehead atoms. The first kappa shape index (κ1) is 16.1. The minimum atomic E-state index is -0.842. The number of hydrogen-bond acceptors (Lipinski definition) is 2. The number of carboxylic acid groups (broad SMARTS) is 1. The highest BCUT2D eigenvalue weighted by atomic mass is 16.5. The number of ether oxygens (including phenoxy) is 1. The van der Waals surface area contributed by atoms with E-state index in [0.717, 1.165) is 16.7 Å². The maximum absolute atomic E-state index is 11.4. The van der Waals surface area contributed by atoms with E-state index in [9.17, 15) is 9.90 Å². The lowest BCUT2D eigenvalue weighted by molar-refractivity contribution is -0.138. The van der Waals surface area contributed by atoms with Crippen LogP contribution in [0.25, 0.3) is 0 Å². The molecule has 2 rings (SSSR count).